The van der Waals surface area contributed by atoms with Gasteiger partial charge in [-0.05, 0) is 84.4 Å². The summed E-state index contributed by atoms with van der Waals surface area (Å²) in [4.78, 5) is 24.7. The van der Waals surface area contributed by atoms with Gasteiger partial charge in [-0.3, -0.25) is 4.79 Å². The summed E-state index contributed by atoms with van der Waals surface area (Å²) in [6.07, 6.45) is 1.47. The Hall–Kier alpha value is -3.55. The molecule has 0 saturated carbocycles. The number of ether oxygens (including phenoxy) is 2. The maximum Gasteiger partial charge on any atom is 0.345 e. The Morgan fingerprint density at radius 1 is 0.763 bits per heavy atom. The summed E-state index contributed by atoms with van der Waals surface area (Å²) < 4.78 is 11.1. The minimum absolute atomic E-state index is 0.201. The fraction of sp³-hybridized carbons (Fsp3) is 0.0357. The van der Waals surface area contributed by atoms with Crippen LogP contribution in [-0.4, -0.2) is 18.1 Å². The van der Waals surface area contributed by atoms with Crippen molar-refractivity contribution in [2.45, 2.75) is 6.61 Å². The van der Waals surface area contributed by atoms with Crippen molar-refractivity contribution in [3.8, 4) is 11.5 Å². The molecule has 0 aromatic heterocycles. The first-order chi connectivity index (χ1) is 18.3. The Bertz CT molecular complexity index is 1490. The standard InChI is InChI=1S/C28H18Cl4N2O4/c29-20-6-3-19(25(31)13-20)16-37-22-10-4-18(5-11-22)27(35)34-33-15-17-1-8-23(9-2-17)38-28(36)24-12-7-21(30)14-26(24)32/h1-15H,16H2,(H,34,35)/b33-15+. The SMILES string of the molecule is O=C(N/N=C/c1ccc(OC(=O)c2ccc(Cl)cc2Cl)cc1)c1ccc(OCc2ccc(Cl)cc2Cl)cc1. The molecule has 0 aliphatic carbocycles. The van der Waals surface area contributed by atoms with Gasteiger partial charge in [0.2, 0.25) is 0 Å². The second kappa shape index (κ2) is 12.8. The summed E-state index contributed by atoms with van der Waals surface area (Å²) in [6, 6.07) is 22.9. The number of halogens is 4. The summed E-state index contributed by atoms with van der Waals surface area (Å²) in [5.74, 6) is -0.0949. The zero-order valence-electron chi connectivity index (χ0n) is 19.5. The van der Waals surface area contributed by atoms with Gasteiger partial charge in [0.25, 0.3) is 5.91 Å². The molecular weight excluding hydrogens is 570 g/mol. The van der Waals surface area contributed by atoms with E-state index in [-0.39, 0.29) is 23.1 Å². The fourth-order valence-corrected chi connectivity index (χ4v) is 4.12. The van der Waals surface area contributed by atoms with Gasteiger partial charge in [0.05, 0.1) is 16.8 Å². The van der Waals surface area contributed by atoms with E-state index >= 15 is 0 Å². The Kier molecular flexibility index (Phi) is 9.26. The second-order valence-corrected chi connectivity index (χ2v) is 9.52. The zero-order valence-corrected chi connectivity index (χ0v) is 22.5. The summed E-state index contributed by atoms with van der Waals surface area (Å²) in [5.41, 5.74) is 4.55. The molecule has 10 heteroatoms. The molecule has 38 heavy (non-hydrogen) atoms. The van der Waals surface area contributed by atoms with Gasteiger partial charge in [0, 0.05) is 26.2 Å². The third-order valence-electron chi connectivity index (χ3n) is 5.15. The fourth-order valence-electron chi connectivity index (χ4n) is 3.17. The molecule has 1 amide bonds. The molecule has 4 rings (SSSR count). The van der Waals surface area contributed by atoms with Gasteiger partial charge in [-0.1, -0.05) is 52.5 Å². The van der Waals surface area contributed by atoms with Crippen LogP contribution in [0, 0.1) is 0 Å². The minimum atomic E-state index is -0.606. The lowest BCUT2D eigenvalue weighted by atomic mass is 10.2. The molecule has 0 heterocycles. The topological polar surface area (TPSA) is 77.0 Å². The summed E-state index contributed by atoms with van der Waals surface area (Å²) in [5, 5.41) is 5.66. The van der Waals surface area contributed by atoms with Crippen LogP contribution < -0.4 is 14.9 Å². The molecule has 4 aromatic rings. The van der Waals surface area contributed by atoms with E-state index in [1.54, 1.807) is 72.8 Å². The molecule has 1 N–H and O–H groups in total. The van der Waals surface area contributed by atoms with Crippen LogP contribution in [0.25, 0.3) is 0 Å². The van der Waals surface area contributed by atoms with Gasteiger partial charge in [-0.25, -0.2) is 10.2 Å². The van der Waals surface area contributed by atoms with Crippen LogP contribution in [0.5, 0.6) is 11.5 Å². The van der Waals surface area contributed by atoms with Gasteiger partial charge < -0.3 is 9.47 Å². The van der Waals surface area contributed by atoms with E-state index in [0.717, 1.165) is 5.56 Å². The van der Waals surface area contributed by atoms with Crippen LogP contribution in [0.2, 0.25) is 20.1 Å². The van der Waals surface area contributed by atoms with Gasteiger partial charge in [0.15, 0.2) is 0 Å². The monoisotopic (exact) mass is 586 g/mol. The Morgan fingerprint density at radius 2 is 1.39 bits per heavy atom. The van der Waals surface area contributed by atoms with Crippen LogP contribution >= 0.6 is 46.4 Å². The molecule has 0 radical (unpaired) electrons. The molecule has 0 fully saturated rings. The van der Waals surface area contributed by atoms with Crippen molar-refractivity contribution in [3.05, 3.63) is 127 Å². The number of hydrogen-bond donors (Lipinski definition) is 1. The lowest BCUT2D eigenvalue weighted by Gasteiger charge is -2.08. The molecule has 0 bridgehead atoms. The molecule has 0 aliphatic rings. The van der Waals surface area contributed by atoms with Gasteiger partial charge >= 0.3 is 5.97 Å². The number of esters is 1. The smallest absolute Gasteiger partial charge is 0.345 e. The lowest BCUT2D eigenvalue weighted by Crippen LogP contribution is -2.17. The second-order valence-electron chi connectivity index (χ2n) is 7.83. The first-order valence-electron chi connectivity index (χ1n) is 11.1. The predicted molar refractivity (Wildman–Crippen MR) is 150 cm³/mol. The Labute approximate surface area is 238 Å². The Morgan fingerprint density at radius 3 is 2.05 bits per heavy atom. The van der Waals surface area contributed by atoms with E-state index in [2.05, 4.69) is 10.5 Å². The highest BCUT2D eigenvalue weighted by atomic mass is 35.5. The average Bonchev–Trinajstić information content (AvgIpc) is 2.89. The van der Waals surface area contributed by atoms with Crippen LogP contribution in [0.3, 0.4) is 0 Å². The van der Waals surface area contributed by atoms with Crippen molar-refractivity contribution >= 4 is 64.5 Å². The highest BCUT2D eigenvalue weighted by molar-refractivity contribution is 6.36. The van der Waals surface area contributed by atoms with E-state index in [9.17, 15) is 9.59 Å². The van der Waals surface area contributed by atoms with Crippen molar-refractivity contribution in [1.29, 1.82) is 0 Å². The molecule has 0 unspecified atom stereocenters. The molecule has 0 spiro atoms. The third kappa shape index (κ3) is 7.49. The normalized spacial score (nSPS) is 10.8. The summed E-state index contributed by atoms with van der Waals surface area (Å²) in [7, 11) is 0. The molecule has 4 aromatic carbocycles. The van der Waals surface area contributed by atoms with Crippen molar-refractivity contribution in [2.75, 3.05) is 0 Å². The Balaban J connectivity index is 1.27. The van der Waals surface area contributed by atoms with Gasteiger partial charge in [0.1, 0.15) is 18.1 Å². The van der Waals surface area contributed by atoms with E-state index in [1.165, 1.54) is 18.3 Å². The van der Waals surface area contributed by atoms with E-state index in [4.69, 9.17) is 55.9 Å². The number of amides is 1. The molecule has 192 valence electrons. The zero-order chi connectivity index (χ0) is 27.1. The third-order valence-corrected chi connectivity index (χ3v) is 6.28. The van der Waals surface area contributed by atoms with Crippen LogP contribution in [0.1, 0.15) is 31.8 Å². The first kappa shape index (κ1) is 27.5. The molecule has 6 nitrogen and oxygen atoms in total. The van der Waals surface area contributed by atoms with Crippen LogP contribution in [0.4, 0.5) is 0 Å². The summed E-state index contributed by atoms with van der Waals surface area (Å²) in [6.45, 7) is 0.263. The van der Waals surface area contributed by atoms with Crippen molar-refractivity contribution in [1.82, 2.24) is 5.43 Å². The maximum absolute atomic E-state index is 12.4. The van der Waals surface area contributed by atoms with E-state index < -0.39 is 5.97 Å². The van der Waals surface area contributed by atoms with Crippen molar-refractivity contribution in [3.63, 3.8) is 0 Å². The number of hydrogen-bond acceptors (Lipinski definition) is 5. The number of nitrogens with one attached hydrogen (secondary N) is 1. The van der Waals surface area contributed by atoms with E-state index in [0.29, 0.717) is 37.7 Å². The van der Waals surface area contributed by atoms with E-state index in [1.807, 2.05) is 0 Å². The molecule has 0 atom stereocenters. The van der Waals surface area contributed by atoms with Crippen LogP contribution in [-0.2, 0) is 6.61 Å². The lowest BCUT2D eigenvalue weighted by molar-refractivity contribution is 0.0734. The van der Waals surface area contributed by atoms with Gasteiger partial charge in [-0.2, -0.15) is 5.10 Å². The number of carbonyl (C=O) groups is 2. The molecule has 0 saturated heterocycles. The first-order valence-corrected chi connectivity index (χ1v) is 12.6. The maximum atomic E-state index is 12.4. The molecular formula is C28H18Cl4N2O4. The molecule has 0 aliphatic heterocycles. The average molecular weight is 588 g/mol. The highest BCUT2D eigenvalue weighted by Gasteiger charge is 2.13. The predicted octanol–water partition coefficient (Wildman–Crippen LogP) is 7.86. The number of nitrogens with zero attached hydrogens (tertiary/aromatic N) is 1. The quantitative estimate of drug-likeness (QED) is 0.0985. The number of hydrazone groups is 1. The van der Waals surface area contributed by atoms with Crippen molar-refractivity contribution < 1.29 is 19.1 Å². The minimum Gasteiger partial charge on any atom is -0.489 e. The largest absolute Gasteiger partial charge is 0.489 e. The number of benzene rings is 4. The van der Waals surface area contributed by atoms with Crippen molar-refractivity contribution in [2.24, 2.45) is 5.10 Å². The number of carbonyl (C=O) groups excluding carboxylic acids is 2. The van der Waals surface area contributed by atoms with Gasteiger partial charge in [-0.15, -0.1) is 0 Å². The summed E-state index contributed by atoms with van der Waals surface area (Å²) >= 11 is 24.0. The highest BCUT2D eigenvalue weighted by Crippen LogP contribution is 2.24. The van der Waals surface area contributed by atoms with Crippen LogP contribution in [0.15, 0.2) is 90.0 Å². The number of rotatable bonds is 8.